The molecule has 1 aliphatic carbocycles. The highest BCUT2D eigenvalue weighted by Gasteiger charge is 2.26. The van der Waals surface area contributed by atoms with Crippen LogP contribution in [0.15, 0.2) is 70.1 Å². The molecular formula is C24H18FN5O2. The zero-order valence-electron chi connectivity index (χ0n) is 17.2. The summed E-state index contributed by atoms with van der Waals surface area (Å²) in [7, 11) is 1.86. The molecule has 0 N–H and O–H groups in total. The molecule has 158 valence electrons. The summed E-state index contributed by atoms with van der Waals surface area (Å²) >= 11 is 0. The van der Waals surface area contributed by atoms with Crippen molar-refractivity contribution in [3.63, 3.8) is 0 Å². The van der Waals surface area contributed by atoms with Gasteiger partial charge in [-0.2, -0.15) is 15.1 Å². The van der Waals surface area contributed by atoms with Crippen LogP contribution in [-0.4, -0.2) is 24.3 Å². The van der Waals surface area contributed by atoms with Crippen LogP contribution in [0, 0.1) is 5.82 Å². The van der Waals surface area contributed by atoms with Gasteiger partial charge in [-0.15, -0.1) is 0 Å². The number of oxazole rings is 1. The first-order valence-electron chi connectivity index (χ1n) is 10.4. The SMILES string of the molecule is Cn1ncc2ccc(-c3nc(-n4ccc(C5CC5)nc4=O)c(-c4ccc(F)cc4)o3)cc21. The van der Waals surface area contributed by atoms with Crippen molar-refractivity contribution >= 4 is 10.9 Å². The molecular weight excluding hydrogens is 409 g/mol. The molecule has 32 heavy (non-hydrogen) atoms. The second kappa shape index (κ2) is 6.98. The molecule has 3 aromatic heterocycles. The number of benzene rings is 2. The molecule has 3 heterocycles. The van der Waals surface area contributed by atoms with Gasteiger partial charge in [0.25, 0.3) is 0 Å². The molecule has 0 bridgehead atoms. The monoisotopic (exact) mass is 427 g/mol. The van der Waals surface area contributed by atoms with Gasteiger partial charge in [0.1, 0.15) is 5.82 Å². The van der Waals surface area contributed by atoms with Crippen molar-refractivity contribution in [2.75, 3.05) is 0 Å². The molecule has 0 unspecified atom stereocenters. The maximum atomic E-state index is 13.5. The van der Waals surface area contributed by atoms with Crippen molar-refractivity contribution in [2.45, 2.75) is 18.8 Å². The Hall–Kier alpha value is -4.07. The lowest BCUT2D eigenvalue weighted by molar-refractivity contribution is 0.587. The highest BCUT2D eigenvalue weighted by Crippen LogP contribution is 2.38. The average molecular weight is 427 g/mol. The smallest absolute Gasteiger partial charge is 0.353 e. The van der Waals surface area contributed by atoms with E-state index in [0.29, 0.717) is 29.0 Å². The van der Waals surface area contributed by atoms with Crippen LogP contribution in [-0.2, 0) is 7.05 Å². The number of nitrogens with zero attached hydrogens (tertiary/aromatic N) is 5. The van der Waals surface area contributed by atoms with Crippen LogP contribution in [0.5, 0.6) is 0 Å². The normalized spacial score (nSPS) is 13.7. The van der Waals surface area contributed by atoms with Gasteiger partial charge in [0.05, 0.1) is 17.4 Å². The molecule has 6 rings (SSSR count). The molecule has 0 saturated heterocycles. The van der Waals surface area contributed by atoms with Crippen molar-refractivity contribution in [1.82, 2.24) is 24.3 Å². The second-order valence-electron chi connectivity index (χ2n) is 8.00. The third kappa shape index (κ3) is 3.11. The minimum atomic E-state index is -0.417. The lowest BCUT2D eigenvalue weighted by atomic mass is 10.1. The Bertz CT molecular complexity index is 1530. The predicted octanol–water partition coefficient (Wildman–Crippen LogP) is 4.46. The van der Waals surface area contributed by atoms with Crippen LogP contribution >= 0.6 is 0 Å². The number of aromatic nitrogens is 5. The van der Waals surface area contributed by atoms with Gasteiger partial charge in [-0.1, -0.05) is 6.07 Å². The van der Waals surface area contributed by atoms with Gasteiger partial charge < -0.3 is 4.42 Å². The Kier molecular flexibility index (Phi) is 4.07. The van der Waals surface area contributed by atoms with E-state index in [2.05, 4.69) is 15.1 Å². The fraction of sp³-hybridized carbons (Fsp3) is 0.167. The summed E-state index contributed by atoms with van der Waals surface area (Å²) in [6.07, 6.45) is 5.59. The predicted molar refractivity (Wildman–Crippen MR) is 117 cm³/mol. The standard InChI is InChI=1S/C24H18FN5O2/c1-29-20-12-16(4-5-17(20)13-26-29)23-28-22(21(32-23)15-6-8-18(25)9-7-15)30-11-10-19(14-2-3-14)27-24(30)31/h4-14H,2-3H2,1H3. The molecule has 1 aliphatic rings. The van der Waals surface area contributed by atoms with Gasteiger partial charge >= 0.3 is 5.69 Å². The third-order valence-corrected chi connectivity index (χ3v) is 5.76. The molecule has 2 aromatic carbocycles. The highest BCUT2D eigenvalue weighted by atomic mass is 19.1. The summed E-state index contributed by atoms with van der Waals surface area (Å²) in [6, 6.07) is 13.5. The number of hydrogen-bond acceptors (Lipinski definition) is 5. The van der Waals surface area contributed by atoms with Crippen LogP contribution in [0.3, 0.4) is 0 Å². The van der Waals surface area contributed by atoms with E-state index in [-0.39, 0.29) is 5.82 Å². The van der Waals surface area contributed by atoms with Crippen molar-refractivity contribution in [1.29, 1.82) is 0 Å². The van der Waals surface area contributed by atoms with Gasteiger partial charge in [0.2, 0.25) is 5.89 Å². The summed E-state index contributed by atoms with van der Waals surface area (Å²) < 4.78 is 22.8. The number of halogens is 1. The van der Waals surface area contributed by atoms with Gasteiger partial charge in [-0.3, -0.25) is 4.68 Å². The largest absolute Gasteiger partial charge is 0.434 e. The molecule has 1 fully saturated rings. The summed E-state index contributed by atoms with van der Waals surface area (Å²) in [5.74, 6) is 1.04. The summed E-state index contributed by atoms with van der Waals surface area (Å²) in [5.41, 5.74) is 2.67. The van der Waals surface area contributed by atoms with Crippen molar-refractivity contribution in [2.24, 2.45) is 7.05 Å². The van der Waals surface area contributed by atoms with Crippen molar-refractivity contribution < 1.29 is 8.81 Å². The fourth-order valence-electron chi connectivity index (χ4n) is 3.85. The van der Waals surface area contributed by atoms with Crippen molar-refractivity contribution in [3.8, 4) is 28.6 Å². The Balaban J connectivity index is 1.53. The minimum Gasteiger partial charge on any atom is -0.434 e. The van der Waals surface area contributed by atoms with Crippen molar-refractivity contribution in [3.05, 3.63) is 82.9 Å². The van der Waals surface area contributed by atoms with Crippen LogP contribution in [0.1, 0.15) is 24.5 Å². The Morgan fingerprint density at radius 2 is 1.81 bits per heavy atom. The lowest BCUT2D eigenvalue weighted by Crippen LogP contribution is -2.22. The molecule has 1 saturated carbocycles. The van der Waals surface area contributed by atoms with Crippen LogP contribution in [0.4, 0.5) is 4.39 Å². The molecule has 0 atom stereocenters. The van der Waals surface area contributed by atoms with E-state index in [0.717, 1.165) is 35.0 Å². The van der Waals surface area contributed by atoms with Crippen LogP contribution < -0.4 is 5.69 Å². The highest BCUT2D eigenvalue weighted by molar-refractivity contribution is 5.83. The molecule has 0 aliphatic heterocycles. The van der Waals surface area contributed by atoms with E-state index in [4.69, 9.17) is 4.42 Å². The van der Waals surface area contributed by atoms with Gasteiger partial charge in [-0.25, -0.2) is 13.8 Å². The number of aryl methyl sites for hydroxylation is 1. The average Bonchev–Trinajstić information content (AvgIpc) is 3.46. The first-order chi connectivity index (χ1) is 15.6. The Morgan fingerprint density at radius 1 is 1.03 bits per heavy atom. The molecule has 7 nitrogen and oxygen atoms in total. The first-order valence-corrected chi connectivity index (χ1v) is 10.4. The summed E-state index contributed by atoms with van der Waals surface area (Å²) in [4.78, 5) is 21.7. The third-order valence-electron chi connectivity index (χ3n) is 5.76. The summed E-state index contributed by atoms with van der Waals surface area (Å²) in [5, 5.41) is 5.27. The maximum Gasteiger partial charge on any atom is 0.353 e. The zero-order valence-corrected chi connectivity index (χ0v) is 17.2. The van der Waals surface area contributed by atoms with E-state index in [1.54, 1.807) is 29.2 Å². The van der Waals surface area contributed by atoms with E-state index in [1.165, 1.54) is 16.7 Å². The molecule has 0 amide bonds. The number of hydrogen-bond donors (Lipinski definition) is 0. The Morgan fingerprint density at radius 3 is 2.56 bits per heavy atom. The van der Waals surface area contributed by atoms with Gasteiger partial charge in [-0.05, 0) is 55.3 Å². The van der Waals surface area contributed by atoms with Gasteiger partial charge in [0.15, 0.2) is 11.6 Å². The minimum absolute atomic E-state index is 0.316. The van der Waals surface area contributed by atoms with Crippen LogP contribution in [0.25, 0.3) is 39.5 Å². The lowest BCUT2D eigenvalue weighted by Gasteiger charge is -2.05. The Labute approximate surface area is 181 Å². The second-order valence-corrected chi connectivity index (χ2v) is 8.00. The fourth-order valence-corrected chi connectivity index (χ4v) is 3.85. The van der Waals surface area contributed by atoms with Crippen LogP contribution in [0.2, 0.25) is 0 Å². The first kappa shape index (κ1) is 18.7. The van der Waals surface area contributed by atoms with E-state index >= 15 is 0 Å². The van der Waals surface area contributed by atoms with E-state index in [9.17, 15) is 9.18 Å². The topological polar surface area (TPSA) is 78.7 Å². The molecule has 8 heteroatoms. The van der Waals surface area contributed by atoms with E-state index < -0.39 is 5.69 Å². The molecule has 0 radical (unpaired) electrons. The molecule has 5 aromatic rings. The number of fused-ring (bicyclic) bond motifs is 1. The van der Waals surface area contributed by atoms with E-state index in [1.807, 2.05) is 31.3 Å². The number of rotatable bonds is 4. The molecule has 0 spiro atoms. The zero-order chi connectivity index (χ0) is 21.8. The maximum absolute atomic E-state index is 13.5. The quantitative estimate of drug-likeness (QED) is 0.423. The summed E-state index contributed by atoms with van der Waals surface area (Å²) in [6.45, 7) is 0. The van der Waals surface area contributed by atoms with Gasteiger partial charge in [0, 0.05) is 35.7 Å².